The first-order valence-corrected chi connectivity index (χ1v) is 7.70. The molecule has 0 aliphatic carbocycles. The maximum atomic E-state index is 11.4. The molecule has 0 bridgehead atoms. The summed E-state index contributed by atoms with van der Waals surface area (Å²) in [7, 11) is 3.49. The van der Waals surface area contributed by atoms with Gasteiger partial charge in [0.1, 0.15) is 11.9 Å². The first-order valence-electron chi connectivity index (χ1n) is 6.62. The fourth-order valence-electron chi connectivity index (χ4n) is 1.58. The van der Waals surface area contributed by atoms with Gasteiger partial charge in [0.15, 0.2) is 0 Å². The fraction of sp³-hybridized carbons (Fsp3) is 0.375. The normalized spacial score (nSPS) is 12.4. The average Bonchev–Trinajstić information content (AvgIpc) is 2.43. The van der Waals surface area contributed by atoms with E-state index in [0.717, 1.165) is 18.6 Å². The monoisotopic (exact) mass is 386 g/mol. The van der Waals surface area contributed by atoms with Crippen LogP contribution < -0.4 is 4.74 Å². The zero-order valence-corrected chi connectivity index (χ0v) is 14.3. The Balaban J connectivity index is 2.40. The van der Waals surface area contributed by atoms with E-state index in [1.807, 2.05) is 43.7 Å². The van der Waals surface area contributed by atoms with E-state index in [1.165, 1.54) is 3.57 Å². The van der Waals surface area contributed by atoms with E-state index in [9.17, 15) is 4.79 Å². The summed E-state index contributed by atoms with van der Waals surface area (Å²) in [4.78, 5) is 12.9. The van der Waals surface area contributed by atoms with Crippen LogP contribution in [0.1, 0.15) is 19.8 Å². The minimum Gasteiger partial charge on any atom is -0.490 e. The van der Waals surface area contributed by atoms with Crippen LogP contribution in [0.2, 0.25) is 0 Å². The summed E-state index contributed by atoms with van der Waals surface area (Å²) in [6, 6.07) is 8.00. The Morgan fingerprint density at radius 3 is 2.55 bits per heavy atom. The molecule has 109 valence electrons. The summed E-state index contributed by atoms with van der Waals surface area (Å²) in [6.07, 6.45) is 7.29. The SMILES string of the molecule is C[CH]C(CC/C=C/C(=O)N(C)C)Oc1ccc(I)cc1. The smallest absolute Gasteiger partial charge is 0.245 e. The second-order valence-electron chi connectivity index (χ2n) is 4.66. The predicted octanol–water partition coefficient (Wildman–Crippen LogP) is 3.69. The Kier molecular flexibility index (Phi) is 7.65. The first-order chi connectivity index (χ1) is 9.52. The third-order valence-electron chi connectivity index (χ3n) is 2.79. The third-order valence-corrected chi connectivity index (χ3v) is 3.51. The molecule has 3 nitrogen and oxygen atoms in total. The number of benzene rings is 1. The van der Waals surface area contributed by atoms with Gasteiger partial charge in [-0.05, 0) is 72.2 Å². The van der Waals surface area contributed by atoms with Gasteiger partial charge in [-0.25, -0.2) is 0 Å². The largest absolute Gasteiger partial charge is 0.490 e. The van der Waals surface area contributed by atoms with Gasteiger partial charge in [-0.1, -0.05) is 13.0 Å². The van der Waals surface area contributed by atoms with Crippen molar-refractivity contribution in [1.82, 2.24) is 4.90 Å². The van der Waals surface area contributed by atoms with Crippen molar-refractivity contribution >= 4 is 28.5 Å². The van der Waals surface area contributed by atoms with Crippen molar-refractivity contribution in [2.45, 2.75) is 25.9 Å². The van der Waals surface area contributed by atoms with Crippen molar-refractivity contribution < 1.29 is 9.53 Å². The number of carbonyl (C=O) groups is 1. The van der Waals surface area contributed by atoms with E-state index < -0.39 is 0 Å². The van der Waals surface area contributed by atoms with Crippen molar-refractivity contribution in [1.29, 1.82) is 0 Å². The number of likely N-dealkylation sites (N-methyl/N-ethyl adjacent to an activating group) is 1. The maximum Gasteiger partial charge on any atom is 0.245 e. The number of amides is 1. The lowest BCUT2D eigenvalue weighted by Gasteiger charge is -2.16. The maximum absolute atomic E-state index is 11.4. The number of ether oxygens (including phenoxy) is 1. The van der Waals surface area contributed by atoms with Crippen LogP contribution in [0, 0.1) is 9.99 Å². The quantitative estimate of drug-likeness (QED) is 0.529. The number of hydrogen-bond acceptors (Lipinski definition) is 2. The lowest BCUT2D eigenvalue weighted by molar-refractivity contribution is -0.123. The predicted molar refractivity (Wildman–Crippen MR) is 90.6 cm³/mol. The summed E-state index contributed by atoms with van der Waals surface area (Å²) in [5.41, 5.74) is 0. The second kappa shape index (κ2) is 9.00. The van der Waals surface area contributed by atoms with Crippen LogP contribution in [0.5, 0.6) is 5.75 Å². The molecule has 1 aromatic rings. The number of hydrogen-bond donors (Lipinski definition) is 0. The Hall–Kier alpha value is -1.04. The molecule has 1 rings (SSSR count). The summed E-state index contributed by atoms with van der Waals surface area (Å²) in [6.45, 7) is 1.99. The van der Waals surface area contributed by atoms with Gasteiger partial charge in [0.2, 0.25) is 5.91 Å². The summed E-state index contributed by atoms with van der Waals surface area (Å²) in [5, 5.41) is 0. The first kappa shape index (κ1) is 17.0. The molecule has 0 N–H and O–H groups in total. The highest BCUT2D eigenvalue weighted by molar-refractivity contribution is 14.1. The lowest BCUT2D eigenvalue weighted by Crippen LogP contribution is -2.19. The van der Waals surface area contributed by atoms with E-state index in [4.69, 9.17) is 4.74 Å². The molecule has 20 heavy (non-hydrogen) atoms. The number of halogens is 1. The third kappa shape index (κ3) is 6.41. The highest BCUT2D eigenvalue weighted by atomic mass is 127. The van der Waals surface area contributed by atoms with Crippen LogP contribution in [0.25, 0.3) is 0 Å². The summed E-state index contributed by atoms with van der Waals surface area (Å²) in [5.74, 6) is 0.891. The average molecular weight is 386 g/mol. The molecule has 0 saturated heterocycles. The van der Waals surface area contributed by atoms with Crippen molar-refractivity contribution in [3.63, 3.8) is 0 Å². The molecule has 1 amide bonds. The van der Waals surface area contributed by atoms with Crippen molar-refractivity contribution in [2.24, 2.45) is 0 Å². The van der Waals surface area contributed by atoms with Crippen LogP contribution in [0.3, 0.4) is 0 Å². The zero-order valence-electron chi connectivity index (χ0n) is 12.2. The number of nitrogens with zero attached hydrogens (tertiary/aromatic N) is 1. The summed E-state index contributed by atoms with van der Waals surface area (Å²) >= 11 is 2.27. The van der Waals surface area contributed by atoms with Gasteiger partial charge >= 0.3 is 0 Å². The van der Waals surface area contributed by atoms with E-state index in [1.54, 1.807) is 25.1 Å². The molecule has 0 fully saturated rings. The highest BCUT2D eigenvalue weighted by Gasteiger charge is 2.07. The van der Waals surface area contributed by atoms with Gasteiger partial charge in [-0.15, -0.1) is 0 Å². The van der Waals surface area contributed by atoms with Crippen molar-refractivity contribution in [3.05, 3.63) is 46.4 Å². The topological polar surface area (TPSA) is 29.5 Å². The Morgan fingerprint density at radius 1 is 1.35 bits per heavy atom. The Bertz CT molecular complexity index is 440. The molecule has 1 unspecified atom stereocenters. The van der Waals surface area contributed by atoms with Crippen LogP contribution in [0.4, 0.5) is 0 Å². The molecule has 0 aromatic heterocycles. The number of carbonyl (C=O) groups excluding carboxylic acids is 1. The van der Waals surface area contributed by atoms with E-state index >= 15 is 0 Å². The lowest BCUT2D eigenvalue weighted by atomic mass is 10.1. The zero-order chi connectivity index (χ0) is 15.0. The van der Waals surface area contributed by atoms with Crippen LogP contribution in [-0.4, -0.2) is 31.0 Å². The van der Waals surface area contributed by atoms with E-state index in [2.05, 4.69) is 22.6 Å². The standard InChI is InChI=1S/C16H21INO2/c1-4-14(7-5-6-8-16(19)18(2)3)20-15-11-9-13(17)10-12-15/h4,6,8-12,14H,5,7H2,1-3H3/b8-6+. The van der Waals surface area contributed by atoms with Gasteiger partial charge in [0.25, 0.3) is 0 Å². The molecule has 0 saturated carbocycles. The van der Waals surface area contributed by atoms with Crippen molar-refractivity contribution in [2.75, 3.05) is 14.1 Å². The van der Waals surface area contributed by atoms with Gasteiger partial charge in [-0.2, -0.15) is 0 Å². The molecule has 0 aliphatic heterocycles. The van der Waals surface area contributed by atoms with Crippen LogP contribution in [-0.2, 0) is 4.79 Å². The van der Waals surface area contributed by atoms with Crippen LogP contribution in [0.15, 0.2) is 36.4 Å². The van der Waals surface area contributed by atoms with Gasteiger partial charge in [0.05, 0.1) is 0 Å². The fourth-order valence-corrected chi connectivity index (χ4v) is 1.93. The number of rotatable bonds is 7. The highest BCUT2D eigenvalue weighted by Crippen LogP contribution is 2.17. The van der Waals surface area contributed by atoms with Gasteiger partial charge in [-0.3, -0.25) is 4.79 Å². The van der Waals surface area contributed by atoms with Crippen molar-refractivity contribution in [3.8, 4) is 5.75 Å². The van der Waals surface area contributed by atoms with E-state index in [0.29, 0.717) is 0 Å². The van der Waals surface area contributed by atoms with Gasteiger partial charge in [0, 0.05) is 17.7 Å². The molecule has 1 atom stereocenters. The van der Waals surface area contributed by atoms with E-state index in [-0.39, 0.29) is 12.0 Å². The second-order valence-corrected chi connectivity index (χ2v) is 5.90. The Labute approximate surface area is 135 Å². The molecule has 1 radical (unpaired) electrons. The van der Waals surface area contributed by atoms with Gasteiger partial charge < -0.3 is 9.64 Å². The molecular weight excluding hydrogens is 365 g/mol. The molecule has 0 aliphatic rings. The molecule has 1 aromatic carbocycles. The molecule has 0 spiro atoms. The Morgan fingerprint density at radius 2 is 2.00 bits per heavy atom. The molecule has 0 heterocycles. The molecule has 4 heteroatoms. The minimum atomic E-state index is 0.0144. The van der Waals surface area contributed by atoms with Crippen LogP contribution >= 0.6 is 22.6 Å². The molecular formula is C16H21INO2. The number of allylic oxidation sites excluding steroid dienone is 1. The summed E-state index contributed by atoms with van der Waals surface area (Å²) < 4.78 is 7.08. The minimum absolute atomic E-state index is 0.0144.